The largest absolute Gasteiger partial charge is 0.354 e. The van der Waals surface area contributed by atoms with Crippen LogP contribution in [0.5, 0.6) is 0 Å². The molecule has 0 aliphatic carbocycles. The zero-order chi connectivity index (χ0) is 17.8. The van der Waals surface area contributed by atoms with E-state index in [4.69, 9.17) is 0 Å². The molecular formula is C17H22N6O2. The standard InChI is InChI=1S/C17H22N6O2/c1-12(2)19-16(24)14-4-3-9-22(10-14)17(25)13-5-7-15(8-6-13)23-11-18-20-21-23/h5-8,11-12,14H,3-4,9-10H2,1-2H3,(H,19,24). The van der Waals surface area contributed by atoms with Crippen molar-refractivity contribution in [3.63, 3.8) is 0 Å². The summed E-state index contributed by atoms with van der Waals surface area (Å²) in [6.45, 7) is 5.02. The van der Waals surface area contributed by atoms with Crippen LogP contribution >= 0.6 is 0 Å². The number of amides is 2. The molecule has 25 heavy (non-hydrogen) atoms. The highest BCUT2D eigenvalue weighted by molar-refractivity contribution is 5.95. The first-order valence-electron chi connectivity index (χ1n) is 8.47. The summed E-state index contributed by atoms with van der Waals surface area (Å²) in [5.41, 5.74) is 1.39. The lowest BCUT2D eigenvalue weighted by atomic mass is 9.96. The van der Waals surface area contributed by atoms with Crippen molar-refractivity contribution in [2.45, 2.75) is 32.7 Å². The van der Waals surface area contributed by atoms with Gasteiger partial charge in [-0.15, -0.1) is 5.10 Å². The average Bonchev–Trinajstić information content (AvgIpc) is 3.15. The van der Waals surface area contributed by atoms with Crippen LogP contribution in [0.2, 0.25) is 0 Å². The molecule has 3 rings (SSSR count). The van der Waals surface area contributed by atoms with Crippen LogP contribution in [0.3, 0.4) is 0 Å². The molecule has 0 radical (unpaired) electrons. The quantitative estimate of drug-likeness (QED) is 0.896. The second-order valence-corrected chi connectivity index (χ2v) is 6.55. The summed E-state index contributed by atoms with van der Waals surface area (Å²) < 4.78 is 1.53. The molecule has 0 bridgehead atoms. The van der Waals surface area contributed by atoms with Gasteiger partial charge in [0.15, 0.2) is 0 Å². The van der Waals surface area contributed by atoms with Gasteiger partial charge < -0.3 is 10.2 Å². The van der Waals surface area contributed by atoms with Crippen molar-refractivity contribution >= 4 is 11.8 Å². The summed E-state index contributed by atoms with van der Waals surface area (Å²) in [5.74, 6) is -0.160. The first kappa shape index (κ1) is 17.1. The van der Waals surface area contributed by atoms with Crippen molar-refractivity contribution in [3.05, 3.63) is 36.2 Å². The van der Waals surface area contributed by atoms with E-state index >= 15 is 0 Å². The van der Waals surface area contributed by atoms with Crippen LogP contribution in [-0.4, -0.2) is 56.1 Å². The Kier molecular flexibility index (Phi) is 5.06. The fourth-order valence-electron chi connectivity index (χ4n) is 3.00. The summed E-state index contributed by atoms with van der Waals surface area (Å²) in [6, 6.07) is 7.23. The number of benzene rings is 1. The number of nitrogens with one attached hydrogen (secondary N) is 1. The molecule has 1 aromatic carbocycles. The molecule has 1 unspecified atom stereocenters. The number of hydrogen-bond acceptors (Lipinski definition) is 5. The molecule has 8 nitrogen and oxygen atoms in total. The average molecular weight is 342 g/mol. The van der Waals surface area contributed by atoms with Gasteiger partial charge in [-0.25, -0.2) is 4.68 Å². The van der Waals surface area contributed by atoms with Crippen molar-refractivity contribution in [2.75, 3.05) is 13.1 Å². The van der Waals surface area contributed by atoms with Crippen LogP contribution in [0.15, 0.2) is 30.6 Å². The summed E-state index contributed by atoms with van der Waals surface area (Å²) in [5, 5.41) is 13.9. The van der Waals surface area contributed by atoms with E-state index in [1.165, 1.54) is 11.0 Å². The molecule has 1 N–H and O–H groups in total. The molecule has 1 aliphatic heterocycles. The maximum atomic E-state index is 12.7. The Morgan fingerprint density at radius 3 is 2.64 bits per heavy atom. The number of carbonyl (C=O) groups excluding carboxylic acids is 2. The molecule has 2 amide bonds. The Morgan fingerprint density at radius 1 is 1.24 bits per heavy atom. The zero-order valence-electron chi connectivity index (χ0n) is 14.4. The number of nitrogens with zero attached hydrogens (tertiary/aromatic N) is 5. The fraction of sp³-hybridized carbons (Fsp3) is 0.471. The lowest BCUT2D eigenvalue weighted by Gasteiger charge is -2.32. The van der Waals surface area contributed by atoms with Gasteiger partial charge in [-0.05, 0) is 61.4 Å². The van der Waals surface area contributed by atoms with E-state index in [1.54, 1.807) is 29.2 Å². The van der Waals surface area contributed by atoms with Gasteiger partial charge in [0.25, 0.3) is 5.91 Å². The SMILES string of the molecule is CC(C)NC(=O)C1CCCN(C(=O)c2ccc(-n3cnnn3)cc2)C1. The molecule has 1 saturated heterocycles. The second kappa shape index (κ2) is 7.42. The summed E-state index contributed by atoms with van der Waals surface area (Å²) in [4.78, 5) is 26.7. The Labute approximate surface area is 146 Å². The van der Waals surface area contributed by atoms with Gasteiger partial charge in [0.1, 0.15) is 6.33 Å². The summed E-state index contributed by atoms with van der Waals surface area (Å²) in [7, 11) is 0. The van der Waals surface area contributed by atoms with E-state index in [2.05, 4.69) is 20.8 Å². The molecule has 2 heterocycles. The first-order chi connectivity index (χ1) is 12.0. The lowest BCUT2D eigenvalue weighted by Crippen LogP contribution is -2.46. The number of tetrazole rings is 1. The molecule has 1 atom stereocenters. The minimum atomic E-state index is -0.138. The molecule has 8 heteroatoms. The van der Waals surface area contributed by atoms with Crippen molar-refractivity contribution in [1.82, 2.24) is 30.4 Å². The van der Waals surface area contributed by atoms with Gasteiger partial charge in [-0.2, -0.15) is 0 Å². The highest BCUT2D eigenvalue weighted by Crippen LogP contribution is 2.19. The van der Waals surface area contributed by atoms with E-state index in [0.29, 0.717) is 18.7 Å². The fourth-order valence-corrected chi connectivity index (χ4v) is 3.00. The van der Waals surface area contributed by atoms with Gasteiger partial charge in [-0.3, -0.25) is 9.59 Å². The van der Waals surface area contributed by atoms with Gasteiger partial charge >= 0.3 is 0 Å². The van der Waals surface area contributed by atoms with Crippen LogP contribution in [0.1, 0.15) is 37.0 Å². The Morgan fingerprint density at radius 2 is 2.00 bits per heavy atom. The Bertz CT molecular complexity index is 726. The van der Waals surface area contributed by atoms with E-state index in [-0.39, 0.29) is 23.8 Å². The van der Waals surface area contributed by atoms with Crippen molar-refractivity contribution in [2.24, 2.45) is 5.92 Å². The molecular weight excluding hydrogens is 320 g/mol. The Hall–Kier alpha value is -2.77. The van der Waals surface area contributed by atoms with Crippen molar-refractivity contribution in [1.29, 1.82) is 0 Å². The monoisotopic (exact) mass is 342 g/mol. The highest BCUT2D eigenvalue weighted by Gasteiger charge is 2.29. The number of piperidine rings is 1. The number of hydrogen-bond donors (Lipinski definition) is 1. The van der Waals surface area contributed by atoms with Crippen LogP contribution in [0.25, 0.3) is 5.69 Å². The molecule has 1 fully saturated rings. The third-order valence-electron chi connectivity index (χ3n) is 4.24. The molecule has 1 aromatic heterocycles. The third kappa shape index (κ3) is 4.01. The lowest BCUT2D eigenvalue weighted by molar-refractivity contribution is -0.126. The third-order valence-corrected chi connectivity index (χ3v) is 4.24. The number of aromatic nitrogens is 4. The van der Waals surface area contributed by atoms with E-state index < -0.39 is 0 Å². The first-order valence-corrected chi connectivity index (χ1v) is 8.47. The van der Waals surface area contributed by atoms with E-state index in [1.807, 2.05) is 13.8 Å². The number of carbonyl (C=O) groups is 2. The minimum absolute atomic E-state index is 0.0292. The number of likely N-dealkylation sites (tertiary alicyclic amines) is 1. The van der Waals surface area contributed by atoms with Gasteiger partial charge in [0.2, 0.25) is 5.91 Å². The maximum Gasteiger partial charge on any atom is 0.253 e. The predicted octanol–water partition coefficient (Wildman–Crippen LogP) is 1.04. The molecule has 1 aliphatic rings. The van der Waals surface area contributed by atoms with Crippen LogP contribution < -0.4 is 5.32 Å². The maximum absolute atomic E-state index is 12.7. The van der Waals surface area contributed by atoms with Crippen LogP contribution in [-0.2, 0) is 4.79 Å². The highest BCUT2D eigenvalue weighted by atomic mass is 16.2. The molecule has 0 saturated carbocycles. The Balaban J connectivity index is 1.67. The smallest absolute Gasteiger partial charge is 0.253 e. The van der Waals surface area contributed by atoms with Gasteiger partial charge in [0, 0.05) is 24.7 Å². The van der Waals surface area contributed by atoms with Crippen LogP contribution in [0.4, 0.5) is 0 Å². The molecule has 2 aromatic rings. The van der Waals surface area contributed by atoms with E-state index in [0.717, 1.165) is 18.5 Å². The summed E-state index contributed by atoms with van der Waals surface area (Å²) in [6.07, 6.45) is 3.16. The molecule has 132 valence electrons. The second-order valence-electron chi connectivity index (χ2n) is 6.55. The number of rotatable bonds is 4. The van der Waals surface area contributed by atoms with Crippen molar-refractivity contribution < 1.29 is 9.59 Å². The minimum Gasteiger partial charge on any atom is -0.354 e. The van der Waals surface area contributed by atoms with Gasteiger partial charge in [-0.1, -0.05) is 0 Å². The molecule has 0 spiro atoms. The van der Waals surface area contributed by atoms with Crippen molar-refractivity contribution in [3.8, 4) is 5.69 Å². The van der Waals surface area contributed by atoms with E-state index in [9.17, 15) is 9.59 Å². The van der Waals surface area contributed by atoms with Crippen LogP contribution in [0, 0.1) is 5.92 Å². The zero-order valence-corrected chi connectivity index (χ0v) is 14.4. The topological polar surface area (TPSA) is 93.0 Å². The predicted molar refractivity (Wildman–Crippen MR) is 91.1 cm³/mol. The normalized spacial score (nSPS) is 17.6. The summed E-state index contributed by atoms with van der Waals surface area (Å²) >= 11 is 0. The van der Waals surface area contributed by atoms with Gasteiger partial charge in [0.05, 0.1) is 11.6 Å².